The summed E-state index contributed by atoms with van der Waals surface area (Å²) in [6, 6.07) is 0. The van der Waals surface area contributed by atoms with Crippen molar-refractivity contribution in [3.05, 3.63) is 0 Å². The molecule has 0 spiro atoms. The first-order valence-electron chi connectivity index (χ1n) is 6.45. The lowest BCUT2D eigenvalue weighted by molar-refractivity contribution is 0.217. The molecule has 0 aromatic rings. The van der Waals surface area contributed by atoms with Crippen molar-refractivity contribution in [1.29, 1.82) is 0 Å². The highest BCUT2D eigenvalue weighted by molar-refractivity contribution is 4.92. The van der Waals surface area contributed by atoms with Gasteiger partial charge in [-0.25, -0.2) is 0 Å². The molecule has 1 N–H and O–H groups in total. The van der Waals surface area contributed by atoms with Crippen LogP contribution in [-0.2, 0) is 0 Å². The van der Waals surface area contributed by atoms with Gasteiger partial charge in [-0.1, -0.05) is 64.2 Å². The maximum Gasteiger partial charge on any atom is 0.114 e. The Morgan fingerprint density at radius 2 is 1.40 bits per heavy atom. The first kappa shape index (κ1) is 14.5. The van der Waals surface area contributed by atoms with Crippen molar-refractivity contribution in [3.8, 4) is 12.3 Å². The molecule has 0 heterocycles. The zero-order chi connectivity index (χ0) is 11.4. The van der Waals surface area contributed by atoms with Crippen molar-refractivity contribution in [1.82, 2.24) is 0 Å². The van der Waals surface area contributed by atoms with E-state index < -0.39 is 6.10 Å². The van der Waals surface area contributed by atoms with E-state index in [1.54, 1.807) is 0 Å². The molecule has 0 fully saturated rings. The highest BCUT2D eigenvalue weighted by Gasteiger charge is 1.97. The molecular formula is C14H26O. The first-order chi connectivity index (χ1) is 7.31. The third kappa shape index (κ3) is 11.4. The van der Waals surface area contributed by atoms with E-state index in [1.807, 2.05) is 0 Å². The lowest BCUT2D eigenvalue weighted by atomic mass is 10.1. The van der Waals surface area contributed by atoms with E-state index in [0.29, 0.717) is 0 Å². The van der Waals surface area contributed by atoms with Gasteiger partial charge >= 0.3 is 0 Å². The van der Waals surface area contributed by atoms with E-state index in [1.165, 1.54) is 51.4 Å². The van der Waals surface area contributed by atoms with Gasteiger partial charge in [0.2, 0.25) is 0 Å². The number of terminal acetylenes is 1. The molecule has 0 unspecified atom stereocenters. The normalized spacial score (nSPS) is 12.3. The van der Waals surface area contributed by atoms with Gasteiger partial charge in [0, 0.05) is 0 Å². The van der Waals surface area contributed by atoms with Crippen LogP contribution in [-0.4, -0.2) is 11.2 Å². The second-order valence-electron chi connectivity index (χ2n) is 4.30. The van der Waals surface area contributed by atoms with Gasteiger partial charge in [-0.05, 0) is 12.8 Å². The zero-order valence-corrected chi connectivity index (χ0v) is 10.2. The smallest absolute Gasteiger partial charge is 0.114 e. The average molecular weight is 210 g/mol. The number of hydrogen-bond acceptors (Lipinski definition) is 1. The SMILES string of the molecule is C#C[C@H](O)CCCCCCCCCCC. The largest absolute Gasteiger partial charge is 0.380 e. The number of rotatable bonds is 10. The Morgan fingerprint density at radius 3 is 1.87 bits per heavy atom. The summed E-state index contributed by atoms with van der Waals surface area (Å²) in [6.45, 7) is 2.25. The Morgan fingerprint density at radius 1 is 0.933 bits per heavy atom. The molecule has 0 bridgehead atoms. The summed E-state index contributed by atoms with van der Waals surface area (Å²) in [5.41, 5.74) is 0. The van der Waals surface area contributed by atoms with Gasteiger partial charge in [-0.3, -0.25) is 0 Å². The van der Waals surface area contributed by atoms with Crippen LogP contribution in [0.1, 0.15) is 71.1 Å². The fourth-order valence-electron chi connectivity index (χ4n) is 1.73. The summed E-state index contributed by atoms with van der Waals surface area (Å²) >= 11 is 0. The molecule has 1 atom stereocenters. The second kappa shape index (κ2) is 11.6. The van der Waals surface area contributed by atoms with Crippen LogP contribution in [0.4, 0.5) is 0 Å². The van der Waals surface area contributed by atoms with Crippen molar-refractivity contribution in [2.45, 2.75) is 77.2 Å². The lowest BCUT2D eigenvalue weighted by Gasteiger charge is -2.03. The molecule has 0 rings (SSSR count). The zero-order valence-electron chi connectivity index (χ0n) is 10.2. The molecule has 15 heavy (non-hydrogen) atoms. The highest BCUT2D eigenvalue weighted by atomic mass is 16.3. The van der Waals surface area contributed by atoms with Crippen LogP contribution in [0, 0.1) is 12.3 Å². The predicted octanol–water partition coefficient (Wildman–Crippen LogP) is 3.90. The van der Waals surface area contributed by atoms with Crippen molar-refractivity contribution in [2.75, 3.05) is 0 Å². The van der Waals surface area contributed by atoms with Crippen LogP contribution in [0.15, 0.2) is 0 Å². The molecule has 0 aliphatic heterocycles. The molecular weight excluding hydrogens is 184 g/mol. The van der Waals surface area contributed by atoms with E-state index in [9.17, 15) is 0 Å². The number of aliphatic hydroxyl groups is 1. The molecule has 0 aromatic carbocycles. The third-order valence-electron chi connectivity index (χ3n) is 2.77. The summed E-state index contributed by atoms with van der Waals surface area (Å²) in [6.07, 6.45) is 17.1. The van der Waals surface area contributed by atoms with Gasteiger partial charge in [0.25, 0.3) is 0 Å². The van der Waals surface area contributed by atoms with Gasteiger partial charge in [0.05, 0.1) is 0 Å². The molecule has 1 nitrogen and oxygen atoms in total. The average Bonchev–Trinajstić information content (AvgIpc) is 2.26. The van der Waals surface area contributed by atoms with E-state index in [4.69, 9.17) is 11.5 Å². The van der Waals surface area contributed by atoms with E-state index in [2.05, 4.69) is 12.8 Å². The molecule has 88 valence electrons. The van der Waals surface area contributed by atoms with E-state index >= 15 is 0 Å². The quantitative estimate of drug-likeness (QED) is 0.428. The van der Waals surface area contributed by atoms with Gasteiger partial charge in [-0.2, -0.15) is 0 Å². The molecule has 0 radical (unpaired) electrons. The van der Waals surface area contributed by atoms with Crippen LogP contribution < -0.4 is 0 Å². The minimum atomic E-state index is -0.519. The Labute approximate surface area is 95.3 Å². The van der Waals surface area contributed by atoms with Gasteiger partial charge in [0.1, 0.15) is 6.10 Å². The summed E-state index contributed by atoms with van der Waals surface area (Å²) < 4.78 is 0. The number of hydrogen-bond donors (Lipinski definition) is 1. The summed E-state index contributed by atoms with van der Waals surface area (Å²) in [5.74, 6) is 2.35. The summed E-state index contributed by atoms with van der Waals surface area (Å²) in [5, 5.41) is 9.12. The molecule has 0 saturated carbocycles. The van der Waals surface area contributed by atoms with Crippen LogP contribution in [0.3, 0.4) is 0 Å². The van der Waals surface area contributed by atoms with Crippen molar-refractivity contribution in [2.24, 2.45) is 0 Å². The van der Waals surface area contributed by atoms with Gasteiger partial charge < -0.3 is 5.11 Å². The van der Waals surface area contributed by atoms with Crippen LogP contribution in [0.5, 0.6) is 0 Å². The standard InChI is InChI=1S/C14H26O/c1-3-5-6-7-8-9-10-11-12-13-14(15)4-2/h2,14-15H,3,5-13H2,1H3/t14-/m0/s1. The van der Waals surface area contributed by atoms with Crippen molar-refractivity contribution in [3.63, 3.8) is 0 Å². The number of aliphatic hydroxyl groups excluding tert-OH is 1. The fourth-order valence-corrected chi connectivity index (χ4v) is 1.73. The Hall–Kier alpha value is -0.480. The Balaban J connectivity index is 2.96. The summed E-state index contributed by atoms with van der Waals surface area (Å²) in [7, 11) is 0. The first-order valence-corrected chi connectivity index (χ1v) is 6.45. The second-order valence-corrected chi connectivity index (χ2v) is 4.30. The molecule has 1 heteroatoms. The summed E-state index contributed by atoms with van der Waals surface area (Å²) in [4.78, 5) is 0. The molecule has 0 aromatic heterocycles. The highest BCUT2D eigenvalue weighted by Crippen LogP contribution is 2.11. The molecule has 0 aliphatic rings. The minimum absolute atomic E-state index is 0.519. The van der Waals surface area contributed by atoms with Gasteiger partial charge in [0.15, 0.2) is 0 Å². The molecule has 0 amide bonds. The van der Waals surface area contributed by atoms with Gasteiger partial charge in [-0.15, -0.1) is 6.42 Å². The number of unbranched alkanes of at least 4 members (excludes halogenated alkanes) is 8. The minimum Gasteiger partial charge on any atom is -0.380 e. The van der Waals surface area contributed by atoms with E-state index in [0.717, 1.165) is 12.8 Å². The third-order valence-corrected chi connectivity index (χ3v) is 2.77. The Kier molecular flexibility index (Phi) is 11.2. The van der Waals surface area contributed by atoms with Crippen LogP contribution >= 0.6 is 0 Å². The maximum absolute atomic E-state index is 9.12. The van der Waals surface area contributed by atoms with Crippen molar-refractivity contribution >= 4 is 0 Å². The lowest BCUT2D eigenvalue weighted by Crippen LogP contribution is -2.01. The van der Waals surface area contributed by atoms with E-state index in [-0.39, 0.29) is 0 Å². The molecule has 0 saturated heterocycles. The fraction of sp³-hybridized carbons (Fsp3) is 0.857. The molecule has 0 aliphatic carbocycles. The van der Waals surface area contributed by atoms with Crippen LogP contribution in [0.2, 0.25) is 0 Å². The predicted molar refractivity (Wildman–Crippen MR) is 66.7 cm³/mol. The topological polar surface area (TPSA) is 20.2 Å². The van der Waals surface area contributed by atoms with Crippen LogP contribution in [0.25, 0.3) is 0 Å². The maximum atomic E-state index is 9.12. The van der Waals surface area contributed by atoms with Crippen molar-refractivity contribution < 1.29 is 5.11 Å². The Bertz CT molecular complexity index is 157. The monoisotopic (exact) mass is 210 g/mol.